The van der Waals surface area contributed by atoms with Gasteiger partial charge in [0, 0.05) is 25.6 Å². The fraction of sp³-hybridized carbons (Fsp3) is 0.769. The smallest absolute Gasteiger partial charge is 0.247 e. The number of halogens is 1. The van der Waals surface area contributed by atoms with Crippen LogP contribution >= 0.6 is 11.6 Å². The van der Waals surface area contributed by atoms with E-state index >= 15 is 0 Å². The molecule has 6 nitrogen and oxygen atoms in total. The van der Waals surface area contributed by atoms with Gasteiger partial charge in [-0.1, -0.05) is 0 Å². The number of nitrogens with zero attached hydrogens (tertiary/aromatic N) is 3. The highest BCUT2D eigenvalue weighted by molar-refractivity contribution is 7.89. The van der Waals surface area contributed by atoms with Crippen molar-refractivity contribution in [2.45, 2.75) is 44.2 Å². The lowest BCUT2D eigenvalue weighted by Crippen LogP contribution is -2.36. The van der Waals surface area contributed by atoms with Gasteiger partial charge in [0.2, 0.25) is 10.0 Å². The maximum absolute atomic E-state index is 13.0. The number of hydrogen-bond acceptors (Lipinski definition) is 4. The second-order valence-electron chi connectivity index (χ2n) is 5.25. The largest absolute Gasteiger partial charge is 0.383 e. The van der Waals surface area contributed by atoms with Gasteiger partial charge < -0.3 is 4.74 Å². The van der Waals surface area contributed by atoms with Crippen LogP contribution in [0.3, 0.4) is 0 Å². The summed E-state index contributed by atoms with van der Waals surface area (Å²) in [6, 6.07) is 0.0975. The minimum absolute atomic E-state index is 0.0975. The molecular weight excluding hydrogens is 314 g/mol. The summed E-state index contributed by atoms with van der Waals surface area (Å²) >= 11 is 5.74. The zero-order valence-corrected chi connectivity index (χ0v) is 14.2. The molecule has 0 atom stereocenters. The Morgan fingerprint density at radius 3 is 2.62 bits per heavy atom. The van der Waals surface area contributed by atoms with Gasteiger partial charge >= 0.3 is 0 Å². The van der Waals surface area contributed by atoms with Crippen LogP contribution in [0.1, 0.15) is 24.2 Å². The molecule has 8 heteroatoms. The first-order chi connectivity index (χ1) is 9.93. The molecule has 0 spiro atoms. The van der Waals surface area contributed by atoms with E-state index in [-0.39, 0.29) is 6.04 Å². The number of aryl methyl sites for hydroxylation is 2. The van der Waals surface area contributed by atoms with Crippen molar-refractivity contribution in [3.8, 4) is 0 Å². The van der Waals surface area contributed by atoms with Crippen molar-refractivity contribution in [2.24, 2.45) is 0 Å². The molecule has 1 fully saturated rings. The van der Waals surface area contributed by atoms with Crippen LogP contribution in [0, 0.1) is 13.8 Å². The average Bonchev–Trinajstić information content (AvgIpc) is 3.18. The van der Waals surface area contributed by atoms with Gasteiger partial charge in [0.15, 0.2) is 0 Å². The van der Waals surface area contributed by atoms with Crippen LogP contribution in [0.5, 0.6) is 0 Å². The van der Waals surface area contributed by atoms with Gasteiger partial charge in [0.05, 0.1) is 24.5 Å². The lowest BCUT2D eigenvalue weighted by Gasteiger charge is -2.21. The molecule has 1 aromatic heterocycles. The van der Waals surface area contributed by atoms with Crippen LogP contribution in [-0.2, 0) is 21.3 Å². The third-order valence-corrected chi connectivity index (χ3v) is 6.02. The highest BCUT2D eigenvalue weighted by Gasteiger charge is 2.40. The fourth-order valence-corrected chi connectivity index (χ4v) is 4.72. The SMILES string of the molecule is COCCN(C1CC1)S(=O)(=O)c1c(C)nn(CCCl)c1C. The zero-order valence-electron chi connectivity index (χ0n) is 12.7. The molecule has 1 aliphatic carbocycles. The van der Waals surface area contributed by atoms with E-state index < -0.39 is 10.0 Å². The number of sulfonamides is 1. The van der Waals surface area contributed by atoms with E-state index in [4.69, 9.17) is 16.3 Å². The lowest BCUT2D eigenvalue weighted by atomic mass is 10.4. The summed E-state index contributed by atoms with van der Waals surface area (Å²) in [7, 11) is -1.97. The Balaban J connectivity index is 2.37. The number of methoxy groups -OCH3 is 1. The minimum atomic E-state index is -3.54. The van der Waals surface area contributed by atoms with E-state index in [1.165, 1.54) is 0 Å². The van der Waals surface area contributed by atoms with E-state index in [0.29, 0.717) is 41.9 Å². The molecule has 1 saturated carbocycles. The molecule has 21 heavy (non-hydrogen) atoms. The van der Waals surface area contributed by atoms with Crippen molar-refractivity contribution in [3.63, 3.8) is 0 Å². The molecule has 0 saturated heterocycles. The first kappa shape index (κ1) is 16.7. The van der Waals surface area contributed by atoms with E-state index in [2.05, 4.69) is 5.10 Å². The van der Waals surface area contributed by atoms with Gasteiger partial charge in [0.25, 0.3) is 0 Å². The van der Waals surface area contributed by atoms with Gasteiger partial charge in [-0.3, -0.25) is 4.68 Å². The molecule has 0 amide bonds. The van der Waals surface area contributed by atoms with Gasteiger partial charge in [-0.15, -0.1) is 11.6 Å². The van der Waals surface area contributed by atoms with Crippen LogP contribution in [0.4, 0.5) is 0 Å². The lowest BCUT2D eigenvalue weighted by molar-refractivity contribution is 0.177. The molecule has 0 aliphatic heterocycles. The van der Waals surface area contributed by atoms with E-state index in [1.54, 1.807) is 29.9 Å². The monoisotopic (exact) mass is 335 g/mol. The van der Waals surface area contributed by atoms with Crippen molar-refractivity contribution >= 4 is 21.6 Å². The van der Waals surface area contributed by atoms with Crippen molar-refractivity contribution in [1.82, 2.24) is 14.1 Å². The molecule has 0 unspecified atom stereocenters. The predicted molar refractivity (Wildman–Crippen MR) is 81.2 cm³/mol. The molecule has 120 valence electrons. The molecule has 0 N–H and O–H groups in total. The van der Waals surface area contributed by atoms with Crippen molar-refractivity contribution in [1.29, 1.82) is 0 Å². The molecule has 1 aromatic rings. The number of alkyl halides is 1. The highest BCUT2D eigenvalue weighted by Crippen LogP contribution is 2.33. The average molecular weight is 336 g/mol. The van der Waals surface area contributed by atoms with Gasteiger partial charge in [-0.25, -0.2) is 8.42 Å². The molecule has 1 aliphatic rings. The first-order valence-corrected chi connectivity index (χ1v) is 9.01. The van der Waals surface area contributed by atoms with Crippen LogP contribution in [0.2, 0.25) is 0 Å². The second kappa shape index (κ2) is 6.64. The second-order valence-corrected chi connectivity index (χ2v) is 7.46. The molecule has 0 bridgehead atoms. The number of ether oxygens (including phenoxy) is 1. The van der Waals surface area contributed by atoms with E-state index in [9.17, 15) is 8.42 Å². The van der Waals surface area contributed by atoms with Gasteiger partial charge in [-0.05, 0) is 26.7 Å². The summed E-state index contributed by atoms with van der Waals surface area (Å²) in [6.07, 6.45) is 1.83. The van der Waals surface area contributed by atoms with Crippen LogP contribution in [0.15, 0.2) is 4.90 Å². The van der Waals surface area contributed by atoms with Crippen molar-refractivity contribution < 1.29 is 13.2 Å². The summed E-state index contributed by atoms with van der Waals surface area (Å²) in [6.45, 7) is 4.78. The Morgan fingerprint density at radius 2 is 2.10 bits per heavy atom. The molecule has 2 rings (SSSR count). The molecule has 0 aromatic carbocycles. The fourth-order valence-electron chi connectivity index (χ4n) is 2.51. The topological polar surface area (TPSA) is 64.4 Å². The zero-order chi connectivity index (χ0) is 15.6. The maximum Gasteiger partial charge on any atom is 0.247 e. The third kappa shape index (κ3) is 3.41. The minimum Gasteiger partial charge on any atom is -0.383 e. The van der Waals surface area contributed by atoms with Crippen molar-refractivity contribution in [3.05, 3.63) is 11.4 Å². The standard InChI is InChI=1S/C13H22ClN3O3S/c1-10-13(11(2)16(15-10)7-6-14)21(18,19)17(8-9-20-3)12-4-5-12/h12H,4-9H2,1-3H3. The quantitative estimate of drug-likeness (QED) is 0.676. The third-order valence-electron chi connectivity index (χ3n) is 3.65. The normalized spacial score (nSPS) is 15.9. The van der Waals surface area contributed by atoms with E-state index in [0.717, 1.165) is 12.8 Å². The number of rotatable bonds is 8. The van der Waals surface area contributed by atoms with Crippen LogP contribution in [-0.4, -0.2) is 54.7 Å². The van der Waals surface area contributed by atoms with Gasteiger partial charge in [-0.2, -0.15) is 9.40 Å². The maximum atomic E-state index is 13.0. The summed E-state index contributed by atoms with van der Waals surface area (Å²) in [5, 5.41) is 4.30. The molecular formula is C13H22ClN3O3S. The molecule has 0 radical (unpaired) electrons. The number of aromatic nitrogens is 2. The first-order valence-electron chi connectivity index (χ1n) is 7.04. The molecule has 1 heterocycles. The summed E-state index contributed by atoms with van der Waals surface area (Å²) in [5.74, 6) is 0.400. The summed E-state index contributed by atoms with van der Waals surface area (Å²) in [4.78, 5) is 0.315. The Hall–Kier alpha value is -0.630. The summed E-state index contributed by atoms with van der Waals surface area (Å²) < 4.78 is 34.2. The van der Waals surface area contributed by atoms with Crippen LogP contribution in [0.25, 0.3) is 0 Å². The predicted octanol–water partition coefficient (Wildman–Crippen LogP) is 1.54. The van der Waals surface area contributed by atoms with Crippen molar-refractivity contribution in [2.75, 3.05) is 26.1 Å². The Kier molecular flexibility index (Phi) is 5.29. The highest BCUT2D eigenvalue weighted by atomic mass is 35.5. The Labute approximate surface area is 131 Å². The Morgan fingerprint density at radius 1 is 1.43 bits per heavy atom. The number of hydrogen-bond donors (Lipinski definition) is 0. The Bertz CT molecular complexity index is 596. The van der Waals surface area contributed by atoms with E-state index in [1.807, 2.05) is 0 Å². The van der Waals surface area contributed by atoms with Crippen LogP contribution < -0.4 is 0 Å². The van der Waals surface area contributed by atoms with Gasteiger partial charge in [0.1, 0.15) is 4.90 Å². The summed E-state index contributed by atoms with van der Waals surface area (Å²) in [5.41, 5.74) is 1.18.